The van der Waals surface area contributed by atoms with Crippen molar-refractivity contribution in [3.63, 3.8) is 0 Å². The molecule has 0 radical (unpaired) electrons. The normalized spacial score (nSPS) is 12.7. The number of carbonyl (C=O) groups excluding carboxylic acids is 2. The molecule has 0 saturated heterocycles. The van der Waals surface area contributed by atoms with Crippen molar-refractivity contribution in [2.45, 2.75) is 52.2 Å². The summed E-state index contributed by atoms with van der Waals surface area (Å²) in [6.07, 6.45) is 1.23. The molecule has 0 bridgehead atoms. The van der Waals surface area contributed by atoms with Crippen LogP contribution in [0.5, 0.6) is 5.75 Å². The third kappa shape index (κ3) is 6.90. The number of hydrogen-bond acceptors (Lipinski definition) is 3. The van der Waals surface area contributed by atoms with Gasteiger partial charge in [-0.2, -0.15) is 0 Å². The number of carbonyl (C=O) groups is 2. The lowest BCUT2D eigenvalue weighted by atomic mass is 10.1. The molecule has 8 heteroatoms. The Labute approximate surface area is 224 Å². The van der Waals surface area contributed by atoms with Gasteiger partial charge in [-0.25, -0.2) is 0 Å². The van der Waals surface area contributed by atoms with Crippen LogP contribution in [0, 0.1) is 0 Å². The van der Waals surface area contributed by atoms with Crippen LogP contribution in [0.1, 0.15) is 39.2 Å². The molecule has 3 aromatic carbocycles. The van der Waals surface area contributed by atoms with Crippen LogP contribution in [-0.4, -0.2) is 35.4 Å². The number of ether oxygens (including phenoxy) is 1. The zero-order valence-electron chi connectivity index (χ0n) is 20.0. The van der Waals surface area contributed by atoms with Gasteiger partial charge in [0, 0.05) is 22.6 Å². The monoisotopic (exact) mass is 578 g/mol. The zero-order valence-corrected chi connectivity index (χ0v) is 23.1. The highest BCUT2D eigenvalue weighted by Crippen LogP contribution is 2.33. The Hall–Kier alpha value is -2.28. The highest BCUT2D eigenvalue weighted by Gasteiger charge is 2.30. The number of hydrogen-bond donors (Lipinski definition) is 1. The van der Waals surface area contributed by atoms with Crippen molar-refractivity contribution in [2.24, 2.45) is 0 Å². The number of rotatable bonds is 10. The highest BCUT2D eigenvalue weighted by atomic mass is 79.9. The predicted molar refractivity (Wildman–Crippen MR) is 146 cm³/mol. The van der Waals surface area contributed by atoms with E-state index in [1.807, 2.05) is 57.2 Å². The zero-order chi connectivity index (χ0) is 25.5. The van der Waals surface area contributed by atoms with E-state index in [9.17, 15) is 9.59 Å². The highest BCUT2D eigenvalue weighted by molar-refractivity contribution is 9.10. The van der Waals surface area contributed by atoms with Crippen LogP contribution in [0.25, 0.3) is 10.8 Å². The molecule has 0 spiro atoms. The van der Waals surface area contributed by atoms with Crippen LogP contribution in [-0.2, 0) is 16.1 Å². The molecule has 0 saturated carbocycles. The molecular weight excluding hydrogens is 551 g/mol. The third-order valence-corrected chi connectivity index (χ3v) is 7.33. The van der Waals surface area contributed by atoms with Crippen molar-refractivity contribution in [3.05, 3.63) is 74.7 Å². The summed E-state index contributed by atoms with van der Waals surface area (Å²) in [6, 6.07) is 16.1. The molecule has 2 amide bonds. The van der Waals surface area contributed by atoms with E-state index in [0.29, 0.717) is 27.8 Å². The molecule has 2 unspecified atom stereocenters. The first kappa shape index (κ1) is 27.3. The van der Waals surface area contributed by atoms with E-state index in [-0.39, 0.29) is 31.0 Å². The second-order valence-corrected chi connectivity index (χ2v) is 10.0. The molecule has 0 aliphatic rings. The van der Waals surface area contributed by atoms with E-state index in [2.05, 4.69) is 21.2 Å². The maximum atomic E-state index is 13.5. The van der Waals surface area contributed by atoms with Gasteiger partial charge in [-0.1, -0.05) is 73.4 Å². The first-order chi connectivity index (χ1) is 16.7. The van der Waals surface area contributed by atoms with Crippen LogP contribution >= 0.6 is 39.1 Å². The number of halogens is 3. The minimum absolute atomic E-state index is 0.00238. The molecule has 2 atom stereocenters. The molecule has 0 aromatic heterocycles. The molecule has 1 N–H and O–H groups in total. The molecular formula is C27H29BrCl2N2O3. The van der Waals surface area contributed by atoms with Gasteiger partial charge in [-0.15, -0.1) is 0 Å². The lowest BCUT2D eigenvalue weighted by Crippen LogP contribution is -2.51. The van der Waals surface area contributed by atoms with Gasteiger partial charge < -0.3 is 15.0 Å². The van der Waals surface area contributed by atoms with Crippen molar-refractivity contribution in [1.29, 1.82) is 0 Å². The smallest absolute Gasteiger partial charge is 0.261 e. The molecule has 0 aliphatic heterocycles. The van der Waals surface area contributed by atoms with Gasteiger partial charge in [0.05, 0.1) is 4.47 Å². The summed E-state index contributed by atoms with van der Waals surface area (Å²) in [5, 5.41) is 5.98. The minimum Gasteiger partial charge on any atom is -0.483 e. The Morgan fingerprint density at radius 1 is 1.06 bits per heavy atom. The van der Waals surface area contributed by atoms with Crippen molar-refractivity contribution in [2.75, 3.05) is 6.61 Å². The van der Waals surface area contributed by atoms with Crippen LogP contribution in [0.3, 0.4) is 0 Å². The van der Waals surface area contributed by atoms with E-state index in [1.54, 1.807) is 18.2 Å². The average molecular weight is 580 g/mol. The molecule has 0 heterocycles. The second kappa shape index (κ2) is 12.6. The fourth-order valence-corrected chi connectivity index (χ4v) is 4.82. The number of nitrogens with one attached hydrogen (secondary N) is 1. The maximum absolute atomic E-state index is 13.5. The topological polar surface area (TPSA) is 58.6 Å². The molecule has 35 heavy (non-hydrogen) atoms. The van der Waals surface area contributed by atoms with Crippen LogP contribution in [0.15, 0.2) is 59.1 Å². The largest absolute Gasteiger partial charge is 0.483 e. The fraction of sp³-hybridized carbons (Fsp3) is 0.333. The van der Waals surface area contributed by atoms with Crippen LogP contribution in [0.4, 0.5) is 0 Å². The summed E-state index contributed by atoms with van der Waals surface area (Å²) in [7, 11) is 0. The molecule has 3 rings (SSSR count). The summed E-state index contributed by atoms with van der Waals surface area (Å²) in [4.78, 5) is 28.1. The van der Waals surface area contributed by atoms with Crippen molar-refractivity contribution in [1.82, 2.24) is 10.2 Å². The van der Waals surface area contributed by atoms with Gasteiger partial charge in [-0.05, 0) is 70.2 Å². The van der Waals surface area contributed by atoms with Gasteiger partial charge in [0.15, 0.2) is 6.61 Å². The number of benzene rings is 3. The summed E-state index contributed by atoms with van der Waals surface area (Å²) in [5.74, 6) is 0.0352. The van der Waals surface area contributed by atoms with Crippen LogP contribution in [0.2, 0.25) is 10.0 Å². The fourth-order valence-electron chi connectivity index (χ4n) is 3.74. The molecule has 5 nitrogen and oxygen atoms in total. The summed E-state index contributed by atoms with van der Waals surface area (Å²) in [6.45, 7) is 5.74. The minimum atomic E-state index is -0.674. The Morgan fingerprint density at radius 2 is 1.80 bits per heavy atom. The Kier molecular flexibility index (Phi) is 9.84. The number of fused-ring (bicyclic) bond motifs is 1. The number of nitrogens with zero attached hydrogens (tertiary/aromatic N) is 1. The Morgan fingerprint density at radius 3 is 2.49 bits per heavy atom. The summed E-state index contributed by atoms with van der Waals surface area (Å²) < 4.78 is 6.70. The first-order valence-electron chi connectivity index (χ1n) is 11.6. The second-order valence-electron chi connectivity index (χ2n) is 8.39. The molecule has 186 valence electrons. The Balaban J connectivity index is 1.86. The standard InChI is InChI=1S/C27H29BrCl2N2O3/c1-4-17(3)31-27(34)23(5-2)32(15-19-10-12-20(29)14-22(19)30)25(33)16-35-24-13-11-18-8-6-7-9-21(18)26(24)28/h6-14,17,23H,4-5,15-16H2,1-3H3,(H,31,34). The van der Waals surface area contributed by atoms with E-state index >= 15 is 0 Å². The molecule has 0 aliphatic carbocycles. The van der Waals surface area contributed by atoms with Gasteiger partial charge in [0.25, 0.3) is 5.91 Å². The maximum Gasteiger partial charge on any atom is 0.261 e. The lowest BCUT2D eigenvalue weighted by molar-refractivity contribution is -0.143. The van der Waals surface area contributed by atoms with Gasteiger partial charge in [0.1, 0.15) is 11.8 Å². The SMILES string of the molecule is CCC(C)NC(=O)C(CC)N(Cc1ccc(Cl)cc1Cl)C(=O)COc1ccc2ccccc2c1Br. The van der Waals surface area contributed by atoms with E-state index in [4.69, 9.17) is 27.9 Å². The predicted octanol–water partition coefficient (Wildman–Crippen LogP) is 7.01. The lowest BCUT2D eigenvalue weighted by Gasteiger charge is -2.31. The van der Waals surface area contributed by atoms with Crippen molar-refractivity contribution < 1.29 is 14.3 Å². The van der Waals surface area contributed by atoms with Crippen molar-refractivity contribution in [3.8, 4) is 5.75 Å². The summed E-state index contributed by atoms with van der Waals surface area (Å²) in [5.41, 5.74) is 0.700. The first-order valence-corrected chi connectivity index (χ1v) is 13.1. The summed E-state index contributed by atoms with van der Waals surface area (Å²) >= 11 is 16.0. The van der Waals surface area contributed by atoms with E-state index < -0.39 is 6.04 Å². The Bertz CT molecular complexity index is 1200. The van der Waals surface area contributed by atoms with Crippen molar-refractivity contribution >= 4 is 61.7 Å². The average Bonchev–Trinajstić information content (AvgIpc) is 2.84. The van der Waals surface area contributed by atoms with E-state index in [1.165, 1.54) is 4.90 Å². The van der Waals surface area contributed by atoms with Crippen LogP contribution < -0.4 is 10.1 Å². The third-order valence-electron chi connectivity index (χ3n) is 5.92. The quantitative estimate of drug-likeness (QED) is 0.281. The van der Waals surface area contributed by atoms with Gasteiger partial charge in [-0.3, -0.25) is 9.59 Å². The van der Waals surface area contributed by atoms with E-state index in [0.717, 1.165) is 21.7 Å². The number of amides is 2. The van der Waals surface area contributed by atoms with Gasteiger partial charge in [0.2, 0.25) is 5.91 Å². The molecule has 0 fully saturated rings. The molecule has 3 aromatic rings. The van der Waals surface area contributed by atoms with Gasteiger partial charge >= 0.3 is 0 Å².